The molecule has 1 saturated carbocycles. The summed E-state index contributed by atoms with van der Waals surface area (Å²) in [6.07, 6.45) is 2.17. The number of halogens is 2. The molecule has 1 aliphatic rings. The number of esters is 1. The normalized spacial score (nSPS) is 14.1. The van der Waals surface area contributed by atoms with E-state index in [1.165, 1.54) is 7.11 Å². The van der Waals surface area contributed by atoms with Crippen LogP contribution in [-0.4, -0.2) is 27.8 Å². The third-order valence-corrected chi connectivity index (χ3v) is 5.14. The molecule has 2 heterocycles. The zero-order valence-electron chi connectivity index (χ0n) is 13.7. The summed E-state index contributed by atoms with van der Waals surface area (Å²) in [6.45, 7) is 0. The second kappa shape index (κ2) is 6.00. The van der Waals surface area contributed by atoms with E-state index in [4.69, 9.17) is 32.9 Å². The SMILES string of the molecule is COC(=O)c1cc(-c2ccc(Cl)c(Cl)c2)nc2c1c(C1CC1)nn2C. The first-order valence-corrected chi connectivity index (χ1v) is 8.66. The number of carbonyl (C=O) groups is 1. The fraction of sp³-hybridized carbons (Fsp3) is 0.278. The molecule has 1 fully saturated rings. The van der Waals surface area contributed by atoms with Crippen LogP contribution in [-0.2, 0) is 11.8 Å². The molecule has 128 valence electrons. The van der Waals surface area contributed by atoms with E-state index in [-0.39, 0.29) is 0 Å². The van der Waals surface area contributed by atoms with E-state index >= 15 is 0 Å². The van der Waals surface area contributed by atoms with Gasteiger partial charge in [-0.1, -0.05) is 29.3 Å². The van der Waals surface area contributed by atoms with Crippen LogP contribution >= 0.6 is 23.2 Å². The Hall–Kier alpha value is -2.11. The Bertz CT molecular complexity index is 1010. The first-order chi connectivity index (χ1) is 12.0. The van der Waals surface area contributed by atoms with Crippen LogP contribution < -0.4 is 0 Å². The van der Waals surface area contributed by atoms with Gasteiger partial charge in [0.2, 0.25) is 0 Å². The molecule has 1 aromatic carbocycles. The van der Waals surface area contributed by atoms with Crippen LogP contribution in [0.25, 0.3) is 22.3 Å². The predicted octanol–water partition coefficient (Wildman–Crippen LogP) is 4.61. The number of methoxy groups -OCH3 is 1. The summed E-state index contributed by atoms with van der Waals surface area (Å²) in [5.41, 5.74) is 3.45. The lowest BCUT2D eigenvalue weighted by Gasteiger charge is -2.08. The summed E-state index contributed by atoms with van der Waals surface area (Å²) < 4.78 is 6.71. The average Bonchev–Trinajstić information content (AvgIpc) is 3.40. The van der Waals surface area contributed by atoms with Crippen molar-refractivity contribution in [2.45, 2.75) is 18.8 Å². The predicted molar refractivity (Wildman–Crippen MR) is 97.3 cm³/mol. The molecule has 25 heavy (non-hydrogen) atoms. The van der Waals surface area contributed by atoms with Crippen LogP contribution in [0.15, 0.2) is 24.3 Å². The first kappa shape index (κ1) is 16.4. The van der Waals surface area contributed by atoms with Crippen molar-refractivity contribution in [2.24, 2.45) is 7.05 Å². The molecule has 0 radical (unpaired) electrons. The summed E-state index contributed by atoms with van der Waals surface area (Å²) in [4.78, 5) is 17.1. The minimum Gasteiger partial charge on any atom is -0.465 e. The highest BCUT2D eigenvalue weighted by molar-refractivity contribution is 6.42. The number of hydrogen-bond donors (Lipinski definition) is 0. The van der Waals surface area contributed by atoms with Gasteiger partial charge in [0.25, 0.3) is 0 Å². The average molecular weight is 376 g/mol. The number of aromatic nitrogens is 3. The second-order valence-electron chi connectivity index (χ2n) is 6.16. The van der Waals surface area contributed by atoms with Crippen molar-refractivity contribution >= 4 is 40.2 Å². The lowest BCUT2D eigenvalue weighted by Crippen LogP contribution is -2.05. The Morgan fingerprint density at radius 1 is 1.24 bits per heavy atom. The van der Waals surface area contributed by atoms with Crippen LogP contribution in [0.2, 0.25) is 10.0 Å². The number of pyridine rings is 1. The highest BCUT2D eigenvalue weighted by Crippen LogP contribution is 2.43. The molecule has 7 heteroatoms. The summed E-state index contributed by atoms with van der Waals surface area (Å²) in [5, 5.41) is 6.28. The molecule has 0 unspecified atom stereocenters. The van der Waals surface area contributed by atoms with Crippen molar-refractivity contribution in [3.8, 4) is 11.3 Å². The van der Waals surface area contributed by atoms with Gasteiger partial charge in [-0.2, -0.15) is 5.10 Å². The van der Waals surface area contributed by atoms with Gasteiger partial charge in [0, 0.05) is 18.5 Å². The molecule has 5 nitrogen and oxygen atoms in total. The highest BCUT2D eigenvalue weighted by Gasteiger charge is 2.32. The number of carbonyl (C=O) groups excluding carboxylic acids is 1. The minimum atomic E-state index is -0.399. The van der Waals surface area contributed by atoms with E-state index in [1.54, 1.807) is 22.9 Å². The van der Waals surface area contributed by atoms with E-state index in [1.807, 2.05) is 13.1 Å². The minimum absolute atomic E-state index is 0.393. The maximum absolute atomic E-state index is 12.4. The van der Waals surface area contributed by atoms with Crippen LogP contribution in [0.3, 0.4) is 0 Å². The number of rotatable bonds is 3. The van der Waals surface area contributed by atoms with Crippen molar-refractivity contribution in [1.29, 1.82) is 0 Å². The molecule has 2 aromatic heterocycles. The Morgan fingerprint density at radius 3 is 2.64 bits per heavy atom. The Balaban J connectivity index is 1.99. The molecule has 0 atom stereocenters. The van der Waals surface area contributed by atoms with Gasteiger partial charge in [0.1, 0.15) is 0 Å². The van der Waals surface area contributed by atoms with Crippen molar-refractivity contribution < 1.29 is 9.53 Å². The largest absolute Gasteiger partial charge is 0.465 e. The van der Waals surface area contributed by atoms with E-state index in [9.17, 15) is 4.79 Å². The van der Waals surface area contributed by atoms with E-state index < -0.39 is 5.97 Å². The van der Waals surface area contributed by atoms with Gasteiger partial charge < -0.3 is 4.74 Å². The monoisotopic (exact) mass is 375 g/mol. The third-order valence-electron chi connectivity index (χ3n) is 4.41. The van der Waals surface area contributed by atoms with Gasteiger partial charge in [-0.15, -0.1) is 0 Å². The zero-order valence-corrected chi connectivity index (χ0v) is 15.2. The Morgan fingerprint density at radius 2 is 2.00 bits per heavy atom. The first-order valence-electron chi connectivity index (χ1n) is 7.91. The van der Waals surface area contributed by atoms with Gasteiger partial charge in [-0.25, -0.2) is 9.78 Å². The van der Waals surface area contributed by atoms with Crippen LogP contribution in [0.1, 0.15) is 34.8 Å². The van der Waals surface area contributed by atoms with E-state index in [0.717, 1.165) is 29.5 Å². The quantitative estimate of drug-likeness (QED) is 0.627. The molecule has 4 rings (SSSR count). The molecular formula is C18H15Cl2N3O2. The zero-order chi connectivity index (χ0) is 17.7. The molecule has 0 aliphatic heterocycles. The third kappa shape index (κ3) is 2.77. The second-order valence-corrected chi connectivity index (χ2v) is 6.97. The standard InChI is InChI=1S/C18H15Cl2N3O2/c1-23-17-15(16(22-23)9-3-4-9)11(18(24)25-2)8-14(21-17)10-5-6-12(19)13(20)7-10/h5-9H,3-4H2,1-2H3. The number of hydrogen-bond acceptors (Lipinski definition) is 4. The Labute approximate surface area is 154 Å². The van der Waals surface area contributed by atoms with Crippen LogP contribution in [0.4, 0.5) is 0 Å². The maximum Gasteiger partial charge on any atom is 0.338 e. The molecule has 0 bridgehead atoms. The van der Waals surface area contributed by atoms with Gasteiger partial charge >= 0.3 is 5.97 Å². The van der Waals surface area contributed by atoms with Gasteiger partial charge in [0.15, 0.2) is 5.65 Å². The lowest BCUT2D eigenvalue weighted by molar-refractivity contribution is 0.0603. The highest BCUT2D eigenvalue weighted by atomic mass is 35.5. The maximum atomic E-state index is 12.4. The molecule has 0 amide bonds. The van der Waals surface area contributed by atoms with Crippen molar-refractivity contribution in [3.63, 3.8) is 0 Å². The smallest absolute Gasteiger partial charge is 0.338 e. The van der Waals surface area contributed by atoms with Crippen molar-refractivity contribution in [1.82, 2.24) is 14.8 Å². The summed E-state index contributed by atoms with van der Waals surface area (Å²) in [7, 11) is 3.21. The van der Waals surface area contributed by atoms with Gasteiger partial charge in [-0.3, -0.25) is 4.68 Å². The molecule has 1 aliphatic carbocycles. The summed E-state index contributed by atoms with van der Waals surface area (Å²) in [6, 6.07) is 7.00. The summed E-state index contributed by atoms with van der Waals surface area (Å²) in [5.74, 6) is -0.00616. The number of benzene rings is 1. The Kier molecular flexibility index (Phi) is 3.93. The number of fused-ring (bicyclic) bond motifs is 1. The number of aryl methyl sites for hydroxylation is 1. The van der Waals surface area contributed by atoms with Gasteiger partial charge in [0.05, 0.1) is 39.5 Å². The van der Waals surface area contributed by atoms with Crippen molar-refractivity contribution in [3.05, 3.63) is 45.6 Å². The molecule has 0 spiro atoms. The lowest BCUT2D eigenvalue weighted by atomic mass is 10.0. The number of ether oxygens (including phenoxy) is 1. The van der Waals surface area contributed by atoms with Crippen LogP contribution in [0, 0.1) is 0 Å². The number of nitrogens with zero attached hydrogens (tertiary/aromatic N) is 3. The summed E-state index contributed by atoms with van der Waals surface area (Å²) >= 11 is 12.1. The van der Waals surface area contributed by atoms with Gasteiger partial charge in [-0.05, 0) is 31.0 Å². The topological polar surface area (TPSA) is 57.0 Å². The molecule has 0 N–H and O–H groups in total. The van der Waals surface area contributed by atoms with Crippen molar-refractivity contribution in [2.75, 3.05) is 7.11 Å². The molecule has 0 saturated heterocycles. The fourth-order valence-electron chi connectivity index (χ4n) is 2.99. The van der Waals surface area contributed by atoms with E-state index in [0.29, 0.717) is 32.9 Å². The fourth-order valence-corrected chi connectivity index (χ4v) is 3.29. The molecular weight excluding hydrogens is 361 g/mol. The van der Waals surface area contributed by atoms with Crippen LogP contribution in [0.5, 0.6) is 0 Å². The van der Waals surface area contributed by atoms with E-state index in [2.05, 4.69) is 5.10 Å². The molecule has 3 aromatic rings.